The second kappa shape index (κ2) is 5.33. The minimum atomic E-state index is -0.702. The number of aromatic amines is 1. The number of carboxylic acids is 1. The second-order valence-corrected chi connectivity index (χ2v) is 7.42. The highest BCUT2D eigenvalue weighted by Crippen LogP contribution is 2.61. The molecule has 0 aliphatic heterocycles. The minimum absolute atomic E-state index is 0.00609. The number of carboxylic acid groups (broad SMARTS) is 1. The first kappa shape index (κ1) is 15.2. The van der Waals surface area contributed by atoms with Gasteiger partial charge in [0.15, 0.2) is 0 Å². The van der Waals surface area contributed by atoms with Crippen molar-refractivity contribution in [3.05, 3.63) is 30.1 Å². The zero-order valence-corrected chi connectivity index (χ0v) is 13.6. The van der Waals surface area contributed by atoms with Gasteiger partial charge in [-0.25, -0.2) is 4.98 Å². The smallest absolute Gasteiger partial charge is 0.306 e. The van der Waals surface area contributed by atoms with E-state index < -0.39 is 5.97 Å². The number of para-hydroxylation sites is 2. The zero-order chi connectivity index (χ0) is 16.9. The Morgan fingerprint density at radius 1 is 1.25 bits per heavy atom. The van der Waals surface area contributed by atoms with E-state index in [0.29, 0.717) is 0 Å². The van der Waals surface area contributed by atoms with Gasteiger partial charge in [0.2, 0.25) is 5.91 Å². The topological polar surface area (TPSA) is 95.1 Å². The van der Waals surface area contributed by atoms with Gasteiger partial charge in [-0.05, 0) is 50.2 Å². The average Bonchev–Trinajstić information content (AvgIpc) is 2.87. The van der Waals surface area contributed by atoms with Crippen LogP contribution in [0.25, 0.3) is 11.0 Å². The van der Waals surface area contributed by atoms with E-state index in [0.717, 1.165) is 42.5 Å². The number of carbonyl (C=O) groups excluding carboxylic acids is 1. The Labute approximate surface area is 139 Å². The molecule has 1 aromatic carbocycles. The largest absolute Gasteiger partial charge is 0.481 e. The highest BCUT2D eigenvalue weighted by molar-refractivity contribution is 5.81. The predicted octanol–water partition coefficient (Wildman–Crippen LogP) is 2.63. The van der Waals surface area contributed by atoms with E-state index in [9.17, 15) is 9.59 Å². The van der Waals surface area contributed by atoms with Gasteiger partial charge in [-0.15, -0.1) is 0 Å². The van der Waals surface area contributed by atoms with Crippen molar-refractivity contribution in [2.45, 2.75) is 38.6 Å². The molecule has 1 atom stereocenters. The molecule has 4 rings (SSSR count). The molecule has 2 aromatic rings. The van der Waals surface area contributed by atoms with Gasteiger partial charge < -0.3 is 15.4 Å². The van der Waals surface area contributed by atoms with Gasteiger partial charge in [0, 0.05) is 5.92 Å². The lowest BCUT2D eigenvalue weighted by molar-refractivity contribution is -0.161. The molecule has 2 aliphatic rings. The summed E-state index contributed by atoms with van der Waals surface area (Å²) in [7, 11) is 0. The van der Waals surface area contributed by atoms with Crippen LogP contribution in [0.15, 0.2) is 24.3 Å². The third kappa shape index (κ3) is 2.46. The van der Waals surface area contributed by atoms with Crippen LogP contribution in [0.3, 0.4) is 0 Å². The molecule has 126 valence electrons. The van der Waals surface area contributed by atoms with Crippen molar-refractivity contribution >= 4 is 22.9 Å². The molecule has 0 radical (unpaired) electrons. The number of amides is 1. The number of benzene rings is 1. The van der Waals surface area contributed by atoms with Crippen LogP contribution in [0.1, 0.15) is 44.5 Å². The summed E-state index contributed by atoms with van der Waals surface area (Å²) in [5.41, 5.74) is 1.98. The van der Waals surface area contributed by atoms with E-state index in [2.05, 4.69) is 15.3 Å². The summed E-state index contributed by atoms with van der Waals surface area (Å²) >= 11 is 0. The molecule has 6 nitrogen and oxygen atoms in total. The van der Waals surface area contributed by atoms with Crippen molar-refractivity contribution in [2.75, 3.05) is 0 Å². The van der Waals surface area contributed by atoms with Crippen LogP contribution in [0, 0.1) is 17.3 Å². The molecule has 1 aromatic heterocycles. The summed E-state index contributed by atoms with van der Waals surface area (Å²) < 4.78 is 0. The van der Waals surface area contributed by atoms with Crippen LogP contribution in [-0.4, -0.2) is 27.0 Å². The summed E-state index contributed by atoms with van der Waals surface area (Å²) in [6.07, 6.45) is 3.08. The molecule has 2 aliphatic carbocycles. The van der Waals surface area contributed by atoms with Crippen LogP contribution < -0.4 is 5.32 Å². The number of imidazole rings is 1. The summed E-state index contributed by atoms with van der Waals surface area (Å²) in [5, 5.41) is 12.0. The highest BCUT2D eigenvalue weighted by Gasteiger charge is 2.56. The van der Waals surface area contributed by atoms with Gasteiger partial charge in [-0.2, -0.15) is 0 Å². The zero-order valence-electron chi connectivity index (χ0n) is 13.6. The summed E-state index contributed by atoms with van der Waals surface area (Å²) in [6, 6.07) is 7.62. The lowest BCUT2D eigenvalue weighted by Gasteiger charge is -2.56. The minimum Gasteiger partial charge on any atom is -0.481 e. The summed E-state index contributed by atoms with van der Waals surface area (Å²) in [6.45, 7) is 1.92. The van der Waals surface area contributed by atoms with Gasteiger partial charge in [0.25, 0.3) is 0 Å². The average molecular weight is 327 g/mol. The third-order valence-electron chi connectivity index (χ3n) is 5.61. The van der Waals surface area contributed by atoms with E-state index in [-0.39, 0.29) is 29.2 Å². The number of aromatic nitrogens is 2. The number of rotatable bonds is 4. The van der Waals surface area contributed by atoms with Crippen molar-refractivity contribution in [1.29, 1.82) is 0 Å². The number of hydrogen-bond donors (Lipinski definition) is 3. The maximum Gasteiger partial charge on any atom is 0.306 e. The van der Waals surface area contributed by atoms with Crippen LogP contribution >= 0.6 is 0 Å². The second-order valence-electron chi connectivity index (χ2n) is 7.42. The Balaban J connectivity index is 1.33. The fourth-order valence-corrected chi connectivity index (χ4v) is 4.24. The SMILES string of the molecule is CC(NC(=O)C1CC2(CC(C(=O)O)C2)C1)c1nc2ccccc2[nH]1. The molecular weight excluding hydrogens is 306 g/mol. The number of nitrogens with zero attached hydrogens (tertiary/aromatic N) is 1. The lowest BCUT2D eigenvalue weighted by Crippen LogP contribution is -2.53. The Kier molecular flexibility index (Phi) is 3.37. The van der Waals surface area contributed by atoms with Gasteiger partial charge in [-0.1, -0.05) is 12.1 Å². The molecule has 1 spiro atoms. The van der Waals surface area contributed by atoms with E-state index in [4.69, 9.17) is 5.11 Å². The van der Waals surface area contributed by atoms with Gasteiger partial charge in [0.05, 0.1) is 23.0 Å². The van der Waals surface area contributed by atoms with Crippen molar-refractivity contribution < 1.29 is 14.7 Å². The number of H-pyrrole nitrogens is 1. The van der Waals surface area contributed by atoms with Crippen LogP contribution in [0.2, 0.25) is 0 Å². The first-order chi connectivity index (χ1) is 11.5. The number of aliphatic carboxylic acids is 1. The van der Waals surface area contributed by atoms with Crippen molar-refractivity contribution in [1.82, 2.24) is 15.3 Å². The standard InChI is InChI=1S/C18H21N3O3/c1-10(15-20-13-4-2-3-5-14(13)21-15)19-16(22)11-6-18(7-11)8-12(9-18)17(23)24/h2-5,10-12H,6-9H2,1H3,(H,19,22)(H,20,21)(H,23,24). The maximum atomic E-state index is 12.4. The number of nitrogens with one attached hydrogen (secondary N) is 2. The Morgan fingerprint density at radius 2 is 1.92 bits per heavy atom. The van der Waals surface area contributed by atoms with Crippen LogP contribution in [0.4, 0.5) is 0 Å². The molecular formula is C18H21N3O3. The number of fused-ring (bicyclic) bond motifs is 1. The van der Waals surface area contributed by atoms with Crippen LogP contribution in [-0.2, 0) is 9.59 Å². The molecule has 24 heavy (non-hydrogen) atoms. The van der Waals surface area contributed by atoms with Gasteiger partial charge in [-0.3, -0.25) is 9.59 Å². The van der Waals surface area contributed by atoms with E-state index >= 15 is 0 Å². The predicted molar refractivity (Wildman–Crippen MR) is 88.2 cm³/mol. The lowest BCUT2D eigenvalue weighted by atomic mass is 9.48. The quantitative estimate of drug-likeness (QED) is 0.804. The number of hydrogen-bond acceptors (Lipinski definition) is 3. The van der Waals surface area contributed by atoms with Crippen molar-refractivity contribution in [2.24, 2.45) is 17.3 Å². The normalized spacial score (nSPS) is 29.7. The molecule has 2 saturated carbocycles. The summed E-state index contributed by atoms with van der Waals surface area (Å²) in [5.74, 6) is -0.0948. The molecule has 6 heteroatoms. The molecule has 0 saturated heterocycles. The van der Waals surface area contributed by atoms with E-state index in [1.54, 1.807) is 0 Å². The monoisotopic (exact) mass is 327 g/mol. The molecule has 1 amide bonds. The van der Waals surface area contributed by atoms with E-state index in [1.165, 1.54) is 0 Å². The number of carbonyl (C=O) groups is 2. The van der Waals surface area contributed by atoms with Crippen LogP contribution in [0.5, 0.6) is 0 Å². The molecule has 1 heterocycles. The van der Waals surface area contributed by atoms with Crippen molar-refractivity contribution in [3.63, 3.8) is 0 Å². The molecule has 0 bridgehead atoms. The van der Waals surface area contributed by atoms with Gasteiger partial charge >= 0.3 is 5.97 Å². The van der Waals surface area contributed by atoms with Gasteiger partial charge in [0.1, 0.15) is 5.82 Å². The Hall–Kier alpha value is -2.37. The fraction of sp³-hybridized carbons (Fsp3) is 0.500. The molecule has 1 unspecified atom stereocenters. The Bertz CT molecular complexity index is 766. The third-order valence-corrected chi connectivity index (χ3v) is 5.61. The first-order valence-electron chi connectivity index (χ1n) is 8.44. The first-order valence-corrected chi connectivity index (χ1v) is 8.44. The molecule has 2 fully saturated rings. The summed E-state index contributed by atoms with van der Waals surface area (Å²) in [4.78, 5) is 31.1. The van der Waals surface area contributed by atoms with Crippen molar-refractivity contribution in [3.8, 4) is 0 Å². The maximum absolute atomic E-state index is 12.4. The highest BCUT2D eigenvalue weighted by atomic mass is 16.4. The molecule has 3 N–H and O–H groups in total. The van der Waals surface area contributed by atoms with E-state index in [1.807, 2.05) is 31.2 Å². The fourth-order valence-electron chi connectivity index (χ4n) is 4.24. The Morgan fingerprint density at radius 3 is 2.58 bits per heavy atom.